The summed E-state index contributed by atoms with van der Waals surface area (Å²) in [6.07, 6.45) is -4.52. The summed E-state index contributed by atoms with van der Waals surface area (Å²) in [6.45, 7) is -0.198. The largest absolute Gasteiger partial charge is 0.623 e. The molecule has 0 fully saturated rings. The highest BCUT2D eigenvalue weighted by Gasteiger charge is 2.33. The van der Waals surface area contributed by atoms with Gasteiger partial charge in [0.2, 0.25) is 12.3 Å². The molecule has 5 nitrogen and oxygen atoms in total. The quantitative estimate of drug-likeness (QED) is 0.364. The third kappa shape index (κ3) is 2.95. The molecule has 2 aromatic rings. The van der Waals surface area contributed by atoms with Gasteiger partial charge in [-0.15, -0.1) is 0 Å². The molecule has 2 aromatic carbocycles. The van der Waals surface area contributed by atoms with Gasteiger partial charge in [-0.25, -0.2) is 10.8 Å². The van der Waals surface area contributed by atoms with Gasteiger partial charge in [0.25, 0.3) is 0 Å². The summed E-state index contributed by atoms with van der Waals surface area (Å²) in [5.74, 6) is 5.50. The monoisotopic (exact) mass is 334 g/mol. The maximum absolute atomic E-state index is 13.1. The fraction of sp³-hybridized carbons (Fsp3) is 0.125. The van der Waals surface area contributed by atoms with E-state index in [9.17, 15) is 18.4 Å². The summed E-state index contributed by atoms with van der Waals surface area (Å²) in [6, 6.07) is 11.6. The summed E-state index contributed by atoms with van der Waals surface area (Å²) in [5.41, 5.74) is 2.43. The molecular formula is C16H13F3N4O. The highest BCUT2D eigenvalue weighted by Crippen LogP contribution is 2.34. The molecule has 0 unspecified atom stereocenters. The minimum absolute atomic E-state index is 0.108. The molecule has 1 aliphatic heterocycles. The second kappa shape index (κ2) is 5.97. The number of nitrogens with two attached hydrogens (primary N) is 1. The van der Waals surface area contributed by atoms with E-state index in [4.69, 9.17) is 5.84 Å². The van der Waals surface area contributed by atoms with E-state index in [1.54, 1.807) is 30.3 Å². The van der Waals surface area contributed by atoms with Crippen LogP contribution in [-0.2, 0) is 6.18 Å². The maximum atomic E-state index is 13.1. The number of nitrogens with one attached hydrogen (secondary N) is 1. The molecule has 1 aliphatic rings. The van der Waals surface area contributed by atoms with E-state index in [1.165, 1.54) is 6.07 Å². The van der Waals surface area contributed by atoms with Crippen LogP contribution in [0, 0.1) is 5.21 Å². The Hall–Kier alpha value is -2.87. The first kappa shape index (κ1) is 16.0. The maximum Gasteiger partial charge on any atom is 0.416 e. The van der Waals surface area contributed by atoms with E-state index < -0.39 is 11.7 Å². The summed E-state index contributed by atoms with van der Waals surface area (Å²) in [5, 5.41) is 12.5. The molecule has 0 radical (unpaired) electrons. The summed E-state index contributed by atoms with van der Waals surface area (Å²) >= 11 is 0. The Labute approximate surface area is 135 Å². The fourth-order valence-electron chi connectivity index (χ4n) is 2.50. The SMILES string of the molecule is NNC1=Nc2ccc(C(F)(F)F)cc2C(c2ccccc2)=[N+]([O-])C1. The molecule has 0 aliphatic carbocycles. The predicted molar refractivity (Wildman–Crippen MR) is 84.0 cm³/mol. The number of hydrogen-bond acceptors (Lipinski definition) is 4. The van der Waals surface area contributed by atoms with Gasteiger partial charge in [-0.3, -0.25) is 0 Å². The molecule has 1 heterocycles. The van der Waals surface area contributed by atoms with Gasteiger partial charge in [0, 0.05) is 5.56 Å². The van der Waals surface area contributed by atoms with Crippen LogP contribution in [0.2, 0.25) is 0 Å². The average Bonchev–Trinajstić information content (AvgIpc) is 2.69. The lowest BCUT2D eigenvalue weighted by Gasteiger charge is -2.12. The lowest BCUT2D eigenvalue weighted by Crippen LogP contribution is -2.36. The van der Waals surface area contributed by atoms with Crippen LogP contribution in [0.5, 0.6) is 0 Å². The van der Waals surface area contributed by atoms with Crippen molar-refractivity contribution in [2.75, 3.05) is 6.54 Å². The van der Waals surface area contributed by atoms with Crippen molar-refractivity contribution in [2.45, 2.75) is 6.18 Å². The Bertz CT molecular complexity index is 829. The van der Waals surface area contributed by atoms with Gasteiger partial charge in [0.05, 0.1) is 16.8 Å². The minimum Gasteiger partial charge on any atom is -0.623 e. The van der Waals surface area contributed by atoms with Crippen molar-refractivity contribution in [3.63, 3.8) is 0 Å². The highest BCUT2D eigenvalue weighted by atomic mass is 19.4. The lowest BCUT2D eigenvalue weighted by atomic mass is 9.98. The van der Waals surface area contributed by atoms with Crippen LogP contribution in [-0.4, -0.2) is 22.8 Å². The Morgan fingerprint density at radius 1 is 1.12 bits per heavy atom. The summed E-state index contributed by atoms with van der Waals surface area (Å²) < 4.78 is 39.8. The molecule has 0 bridgehead atoms. The number of aliphatic imine (C=N–C) groups is 1. The summed E-state index contributed by atoms with van der Waals surface area (Å²) in [7, 11) is 0. The standard InChI is InChI=1S/C16H13F3N4O/c17-16(18,19)11-6-7-13-12(8-11)15(10-4-2-1-3-5-10)23(24)9-14(21-13)22-20/h1-8H,9,20H2,(H,21,22). The zero-order valence-electron chi connectivity index (χ0n) is 12.3. The Morgan fingerprint density at radius 3 is 2.46 bits per heavy atom. The molecule has 3 rings (SSSR count). The second-order valence-corrected chi connectivity index (χ2v) is 5.18. The first-order valence-corrected chi connectivity index (χ1v) is 7.03. The van der Waals surface area contributed by atoms with Crippen LogP contribution >= 0.6 is 0 Å². The molecule has 3 N–H and O–H groups in total. The average molecular weight is 334 g/mol. The van der Waals surface area contributed by atoms with Gasteiger partial charge in [0.1, 0.15) is 0 Å². The molecular weight excluding hydrogens is 321 g/mol. The van der Waals surface area contributed by atoms with Crippen LogP contribution in [0.4, 0.5) is 18.9 Å². The normalized spacial score (nSPS) is 14.8. The number of hydroxylamine groups is 1. The number of rotatable bonds is 1. The smallest absolute Gasteiger partial charge is 0.416 e. The highest BCUT2D eigenvalue weighted by molar-refractivity contribution is 6.14. The van der Waals surface area contributed by atoms with E-state index >= 15 is 0 Å². The number of fused-ring (bicyclic) bond motifs is 1. The van der Waals surface area contributed by atoms with Gasteiger partial charge in [-0.2, -0.15) is 17.9 Å². The van der Waals surface area contributed by atoms with Crippen molar-refractivity contribution in [1.82, 2.24) is 5.43 Å². The zero-order valence-corrected chi connectivity index (χ0v) is 12.3. The van der Waals surface area contributed by atoms with Crippen molar-refractivity contribution in [3.8, 4) is 0 Å². The molecule has 0 saturated heterocycles. The van der Waals surface area contributed by atoms with Crippen molar-refractivity contribution in [1.29, 1.82) is 0 Å². The third-order valence-corrected chi connectivity index (χ3v) is 3.59. The number of benzene rings is 2. The van der Waals surface area contributed by atoms with Crippen LogP contribution in [0.25, 0.3) is 0 Å². The van der Waals surface area contributed by atoms with Gasteiger partial charge >= 0.3 is 6.18 Å². The van der Waals surface area contributed by atoms with Gasteiger partial charge in [-0.1, -0.05) is 18.2 Å². The van der Waals surface area contributed by atoms with Crippen molar-refractivity contribution < 1.29 is 17.9 Å². The van der Waals surface area contributed by atoms with E-state index in [2.05, 4.69) is 10.4 Å². The van der Waals surface area contributed by atoms with Gasteiger partial charge < -0.3 is 10.6 Å². The molecule has 0 spiro atoms. The summed E-state index contributed by atoms with van der Waals surface area (Å²) in [4.78, 5) is 4.16. The topological polar surface area (TPSA) is 76.5 Å². The Balaban J connectivity index is 2.28. The van der Waals surface area contributed by atoms with Gasteiger partial charge in [-0.05, 0) is 30.3 Å². The molecule has 124 valence electrons. The van der Waals surface area contributed by atoms with Crippen LogP contribution in [0.1, 0.15) is 16.7 Å². The zero-order chi connectivity index (χ0) is 17.3. The third-order valence-electron chi connectivity index (χ3n) is 3.59. The number of nitrogens with zero attached hydrogens (tertiary/aromatic N) is 2. The van der Waals surface area contributed by atoms with Crippen LogP contribution in [0.15, 0.2) is 53.5 Å². The van der Waals surface area contributed by atoms with Crippen LogP contribution < -0.4 is 11.3 Å². The van der Waals surface area contributed by atoms with Crippen molar-refractivity contribution >= 4 is 17.2 Å². The number of alkyl halides is 3. The number of hydrogen-bond donors (Lipinski definition) is 2. The van der Waals surface area contributed by atoms with E-state index in [1.807, 2.05) is 0 Å². The molecule has 0 saturated carbocycles. The van der Waals surface area contributed by atoms with E-state index in [-0.39, 0.29) is 29.3 Å². The number of halogens is 3. The predicted octanol–water partition coefficient (Wildman–Crippen LogP) is 2.56. The molecule has 0 atom stereocenters. The number of hydrazine groups is 1. The van der Waals surface area contributed by atoms with E-state index in [0.717, 1.165) is 12.1 Å². The fourth-order valence-corrected chi connectivity index (χ4v) is 2.50. The van der Waals surface area contributed by atoms with E-state index in [0.29, 0.717) is 10.3 Å². The first-order chi connectivity index (χ1) is 11.4. The first-order valence-electron chi connectivity index (χ1n) is 7.03. The van der Waals surface area contributed by atoms with Crippen LogP contribution in [0.3, 0.4) is 0 Å². The molecule has 0 aromatic heterocycles. The Morgan fingerprint density at radius 2 is 1.83 bits per heavy atom. The van der Waals surface area contributed by atoms with Gasteiger partial charge in [0.15, 0.2) is 5.84 Å². The number of amidine groups is 1. The lowest BCUT2D eigenvalue weighted by molar-refractivity contribution is -0.439. The minimum atomic E-state index is -4.52. The molecule has 24 heavy (non-hydrogen) atoms. The molecule has 8 heteroatoms. The molecule has 0 amide bonds. The van der Waals surface area contributed by atoms with Crippen molar-refractivity contribution in [3.05, 3.63) is 70.4 Å². The Kier molecular flexibility index (Phi) is 3.98. The second-order valence-electron chi connectivity index (χ2n) is 5.18. The van der Waals surface area contributed by atoms with Crippen molar-refractivity contribution in [2.24, 2.45) is 10.8 Å².